The highest BCUT2D eigenvalue weighted by atomic mass is 32.2. The molecule has 0 aromatic heterocycles. The van der Waals surface area contributed by atoms with Gasteiger partial charge in [-0.3, -0.25) is 14.6 Å². The largest absolute Gasteiger partial charge is 0.368 e. The van der Waals surface area contributed by atoms with Gasteiger partial charge in [0.25, 0.3) is 5.91 Å². The second-order valence-electron chi connectivity index (χ2n) is 6.48. The van der Waals surface area contributed by atoms with Crippen LogP contribution >= 0.6 is 0 Å². The Morgan fingerprint density at radius 1 is 1.11 bits per heavy atom. The number of hydrazone groups is 1. The number of carbonyl (C=O) groups excluding carboxylic acids is 2. The van der Waals surface area contributed by atoms with Crippen molar-refractivity contribution in [2.75, 3.05) is 23.2 Å². The van der Waals surface area contributed by atoms with Crippen molar-refractivity contribution in [3.8, 4) is 0 Å². The van der Waals surface area contributed by atoms with Crippen LogP contribution in [0.1, 0.15) is 6.42 Å². The number of para-hydroxylation sites is 1. The van der Waals surface area contributed by atoms with Gasteiger partial charge in [-0.1, -0.05) is 18.2 Å². The maximum Gasteiger partial charge on any atom is 0.274 e. The summed E-state index contributed by atoms with van der Waals surface area (Å²) in [6.07, 6.45) is 1.21. The van der Waals surface area contributed by atoms with Crippen LogP contribution in [0.2, 0.25) is 0 Å². The molecule has 0 saturated heterocycles. The van der Waals surface area contributed by atoms with Crippen LogP contribution in [0.5, 0.6) is 0 Å². The Morgan fingerprint density at radius 3 is 2.25 bits per heavy atom. The summed E-state index contributed by atoms with van der Waals surface area (Å²) in [6.45, 7) is 0. The van der Waals surface area contributed by atoms with Gasteiger partial charge in [0.1, 0.15) is 11.8 Å². The van der Waals surface area contributed by atoms with Gasteiger partial charge in [-0.25, -0.2) is 8.42 Å². The summed E-state index contributed by atoms with van der Waals surface area (Å²) in [5, 5.41) is 5.78. The van der Waals surface area contributed by atoms with Gasteiger partial charge in [0, 0.05) is 25.4 Å². The van der Waals surface area contributed by atoms with E-state index >= 15 is 0 Å². The summed E-state index contributed by atoms with van der Waals surface area (Å²) in [5.74, 6) is -0.965. The molecule has 0 saturated carbocycles. The number of rotatable bonds is 5. The molecule has 2 aromatic carbocycles. The van der Waals surface area contributed by atoms with Crippen LogP contribution in [-0.2, 0) is 19.4 Å². The highest BCUT2D eigenvalue weighted by Gasteiger charge is 2.36. The second kappa shape index (κ2) is 7.43. The molecule has 3 rings (SSSR count). The first-order valence-electron chi connectivity index (χ1n) is 8.47. The number of benzene rings is 2. The van der Waals surface area contributed by atoms with Gasteiger partial charge >= 0.3 is 0 Å². The molecular formula is C19H20N4O4S. The third-order valence-corrected chi connectivity index (χ3v) is 5.59. The van der Waals surface area contributed by atoms with Crippen molar-refractivity contribution in [1.29, 1.82) is 0 Å². The van der Waals surface area contributed by atoms with Gasteiger partial charge in [0.05, 0.1) is 10.6 Å². The van der Waals surface area contributed by atoms with Crippen LogP contribution in [0.15, 0.2) is 64.6 Å². The van der Waals surface area contributed by atoms with E-state index in [1.165, 1.54) is 22.0 Å². The predicted molar refractivity (Wildman–Crippen MR) is 107 cm³/mol. The normalized spacial score (nSPS) is 16.6. The second-order valence-corrected chi connectivity index (χ2v) is 8.50. The van der Waals surface area contributed by atoms with Crippen LogP contribution in [0.3, 0.4) is 0 Å². The maximum absolute atomic E-state index is 12.9. The monoisotopic (exact) mass is 400 g/mol. The fraction of sp³-hybridized carbons (Fsp3) is 0.211. The Bertz CT molecular complexity index is 1030. The Morgan fingerprint density at radius 2 is 1.71 bits per heavy atom. The summed E-state index contributed by atoms with van der Waals surface area (Å²) in [6, 6.07) is 14.2. The fourth-order valence-electron chi connectivity index (χ4n) is 2.91. The lowest BCUT2D eigenvalue weighted by atomic mass is 10.1. The van der Waals surface area contributed by atoms with E-state index in [1.54, 1.807) is 43.4 Å². The highest BCUT2D eigenvalue weighted by molar-refractivity contribution is 7.90. The molecule has 1 aliphatic heterocycles. The molecule has 0 fully saturated rings. The molecule has 1 unspecified atom stereocenters. The van der Waals surface area contributed by atoms with E-state index in [-0.39, 0.29) is 17.0 Å². The smallest absolute Gasteiger partial charge is 0.274 e. The van der Waals surface area contributed by atoms with E-state index in [1.807, 2.05) is 6.07 Å². The third-order valence-electron chi connectivity index (χ3n) is 4.46. The van der Waals surface area contributed by atoms with E-state index in [0.717, 1.165) is 6.26 Å². The third kappa shape index (κ3) is 3.89. The van der Waals surface area contributed by atoms with Crippen LogP contribution in [0, 0.1) is 0 Å². The number of hydrogen-bond donors (Lipinski definition) is 1. The minimum Gasteiger partial charge on any atom is -0.368 e. The minimum atomic E-state index is -3.32. The van der Waals surface area contributed by atoms with E-state index in [0.29, 0.717) is 11.4 Å². The van der Waals surface area contributed by atoms with E-state index in [2.05, 4.69) is 5.10 Å². The highest BCUT2D eigenvalue weighted by Crippen LogP contribution is 2.26. The Labute approximate surface area is 163 Å². The zero-order valence-electron chi connectivity index (χ0n) is 15.4. The summed E-state index contributed by atoms with van der Waals surface area (Å²) in [7, 11) is -1.76. The number of primary amides is 1. The lowest BCUT2D eigenvalue weighted by Gasteiger charge is -2.20. The van der Waals surface area contributed by atoms with Crippen LogP contribution in [0.25, 0.3) is 0 Å². The van der Waals surface area contributed by atoms with Crippen LogP contribution in [-0.4, -0.2) is 45.3 Å². The molecule has 0 aliphatic carbocycles. The molecule has 2 amide bonds. The minimum absolute atomic E-state index is 0.0921. The Kier molecular flexibility index (Phi) is 5.19. The summed E-state index contributed by atoms with van der Waals surface area (Å²) in [4.78, 5) is 26.2. The van der Waals surface area contributed by atoms with Crippen LogP contribution in [0.4, 0.5) is 11.4 Å². The molecular weight excluding hydrogens is 380 g/mol. The number of anilines is 2. The van der Waals surface area contributed by atoms with Gasteiger partial charge in [-0.05, 0) is 36.4 Å². The molecule has 2 aromatic rings. The summed E-state index contributed by atoms with van der Waals surface area (Å²) >= 11 is 0. The molecule has 8 nitrogen and oxygen atoms in total. The zero-order valence-corrected chi connectivity index (χ0v) is 16.3. The Hall–Kier alpha value is -3.20. The molecule has 1 heterocycles. The van der Waals surface area contributed by atoms with E-state index in [9.17, 15) is 18.0 Å². The van der Waals surface area contributed by atoms with Crippen molar-refractivity contribution >= 4 is 38.7 Å². The number of carbonyl (C=O) groups is 2. The lowest BCUT2D eigenvalue weighted by Crippen LogP contribution is -2.40. The molecule has 146 valence electrons. The van der Waals surface area contributed by atoms with Gasteiger partial charge in [-0.2, -0.15) is 5.10 Å². The number of hydrogen-bond acceptors (Lipinski definition) is 6. The van der Waals surface area contributed by atoms with Crippen LogP contribution < -0.4 is 15.6 Å². The van der Waals surface area contributed by atoms with Crippen molar-refractivity contribution < 1.29 is 18.0 Å². The topological polar surface area (TPSA) is 113 Å². The molecule has 9 heteroatoms. The van der Waals surface area contributed by atoms with E-state index < -0.39 is 27.7 Å². The Balaban J connectivity index is 1.86. The van der Waals surface area contributed by atoms with Crippen molar-refractivity contribution in [2.24, 2.45) is 10.8 Å². The predicted octanol–water partition coefficient (Wildman–Crippen LogP) is 1.17. The quantitative estimate of drug-likeness (QED) is 0.809. The van der Waals surface area contributed by atoms with Gasteiger partial charge in [-0.15, -0.1) is 0 Å². The SMILES string of the molecule is CN(C(=O)C1=NN(c2ccccc2)C(C(N)=O)C1)c1ccc(S(C)(=O)=O)cc1. The summed E-state index contributed by atoms with van der Waals surface area (Å²) < 4.78 is 23.2. The first kappa shape index (κ1) is 19.6. The first-order chi connectivity index (χ1) is 13.2. The maximum atomic E-state index is 12.9. The van der Waals surface area contributed by atoms with Gasteiger partial charge < -0.3 is 10.6 Å². The molecule has 2 N–H and O–H groups in total. The number of amides is 2. The van der Waals surface area contributed by atoms with Crippen molar-refractivity contribution in [3.63, 3.8) is 0 Å². The van der Waals surface area contributed by atoms with Gasteiger partial charge in [0.2, 0.25) is 5.91 Å². The zero-order chi connectivity index (χ0) is 20.5. The van der Waals surface area contributed by atoms with Crippen molar-refractivity contribution in [2.45, 2.75) is 17.4 Å². The molecule has 1 aliphatic rings. The standard InChI is InChI=1S/C19H20N4O4S/c1-22(13-8-10-15(11-9-13)28(2,26)27)19(25)16-12-17(18(20)24)23(21-16)14-6-4-3-5-7-14/h3-11,17H,12H2,1-2H3,(H2,20,24). The lowest BCUT2D eigenvalue weighted by molar-refractivity contribution is -0.119. The summed E-state index contributed by atoms with van der Waals surface area (Å²) in [5.41, 5.74) is 6.86. The average Bonchev–Trinajstić information content (AvgIpc) is 3.13. The fourth-order valence-corrected chi connectivity index (χ4v) is 3.54. The molecule has 28 heavy (non-hydrogen) atoms. The number of nitrogens with zero attached hydrogens (tertiary/aromatic N) is 3. The number of nitrogens with two attached hydrogens (primary N) is 1. The first-order valence-corrected chi connectivity index (χ1v) is 10.4. The molecule has 0 spiro atoms. The van der Waals surface area contributed by atoms with Crippen molar-refractivity contribution in [1.82, 2.24) is 0 Å². The average molecular weight is 400 g/mol. The van der Waals surface area contributed by atoms with Crippen molar-refractivity contribution in [3.05, 3.63) is 54.6 Å². The molecule has 0 radical (unpaired) electrons. The van der Waals surface area contributed by atoms with E-state index in [4.69, 9.17) is 5.73 Å². The molecule has 0 bridgehead atoms. The molecule has 1 atom stereocenters. The number of sulfone groups is 1. The van der Waals surface area contributed by atoms with Gasteiger partial charge in [0.15, 0.2) is 9.84 Å².